The number of hydrogen-bond donors (Lipinski definition) is 1. The van der Waals surface area contributed by atoms with Crippen molar-refractivity contribution in [2.24, 2.45) is 11.3 Å². The molecule has 3 atom stereocenters. The highest BCUT2D eigenvalue weighted by Gasteiger charge is 2.42. The number of ether oxygens (including phenoxy) is 1. The second-order valence-corrected chi connectivity index (χ2v) is 6.70. The molecule has 3 unspecified atom stereocenters. The first-order chi connectivity index (χ1) is 8.83. The van der Waals surface area contributed by atoms with Gasteiger partial charge in [0, 0.05) is 31.2 Å². The molecule has 2 aliphatic heterocycles. The molecule has 3 heteroatoms. The van der Waals surface area contributed by atoms with Crippen molar-refractivity contribution in [2.45, 2.75) is 44.6 Å². The number of nitrogens with zero attached hydrogens (tertiary/aromatic N) is 1. The van der Waals surface area contributed by atoms with Crippen molar-refractivity contribution in [3.05, 3.63) is 0 Å². The summed E-state index contributed by atoms with van der Waals surface area (Å²) in [4.78, 5) is 2.80. The summed E-state index contributed by atoms with van der Waals surface area (Å²) in [6.45, 7) is 5.63. The van der Waals surface area contributed by atoms with Gasteiger partial charge in [-0.05, 0) is 45.2 Å². The number of rotatable bonds is 4. The van der Waals surface area contributed by atoms with E-state index in [2.05, 4.69) is 17.3 Å². The predicted molar refractivity (Wildman–Crippen MR) is 73.7 cm³/mol. The van der Waals surface area contributed by atoms with E-state index in [1.54, 1.807) is 0 Å². The van der Waals surface area contributed by atoms with E-state index in [-0.39, 0.29) is 0 Å². The molecule has 1 aliphatic carbocycles. The van der Waals surface area contributed by atoms with Crippen LogP contribution in [0.4, 0.5) is 0 Å². The predicted octanol–water partition coefficient (Wildman–Crippen LogP) is 1.88. The highest BCUT2D eigenvalue weighted by molar-refractivity contribution is 4.95. The number of nitrogens with one attached hydrogen (secondary N) is 1. The van der Waals surface area contributed by atoms with Crippen LogP contribution in [0, 0.1) is 11.3 Å². The Hall–Kier alpha value is -0.120. The van der Waals surface area contributed by atoms with Crippen molar-refractivity contribution in [1.29, 1.82) is 0 Å². The second-order valence-electron chi connectivity index (χ2n) is 6.70. The van der Waals surface area contributed by atoms with Gasteiger partial charge < -0.3 is 10.1 Å². The number of likely N-dealkylation sites (tertiary alicyclic amines) is 1. The Morgan fingerprint density at radius 2 is 2.17 bits per heavy atom. The van der Waals surface area contributed by atoms with Crippen LogP contribution in [0.25, 0.3) is 0 Å². The van der Waals surface area contributed by atoms with Crippen molar-refractivity contribution < 1.29 is 4.74 Å². The second kappa shape index (κ2) is 5.48. The van der Waals surface area contributed by atoms with E-state index in [0.717, 1.165) is 31.7 Å². The molecule has 1 saturated carbocycles. The van der Waals surface area contributed by atoms with E-state index < -0.39 is 0 Å². The third-order valence-corrected chi connectivity index (χ3v) is 5.40. The molecule has 0 amide bonds. The quantitative estimate of drug-likeness (QED) is 0.827. The molecule has 0 aromatic rings. The third-order valence-electron chi connectivity index (χ3n) is 5.40. The van der Waals surface area contributed by atoms with Crippen LogP contribution in [-0.2, 0) is 4.74 Å². The van der Waals surface area contributed by atoms with Crippen LogP contribution in [0.3, 0.4) is 0 Å². The molecule has 2 saturated heterocycles. The highest BCUT2D eigenvalue weighted by atomic mass is 16.5. The van der Waals surface area contributed by atoms with Gasteiger partial charge >= 0.3 is 0 Å². The maximum atomic E-state index is 5.69. The maximum Gasteiger partial charge on any atom is 0.0547 e. The molecule has 1 N–H and O–H groups in total. The Morgan fingerprint density at radius 3 is 2.94 bits per heavy atom. The minimum atomic E-state index is 0.390. The summed E-state index contributed by atoms with van der Waals surface area (Å²) in [5.41, 5.74) is 0.390. The van der Waals surface area contributed by atoms with Crippen molar-refractivity contribution in [3.63, 3.8) is 0 Å². The molecule has 2 heterocycles. The molecule has 0 aromatic heterocycles. The number of hydrogen-bond acceptors (Lipinski definition) is 3. The summed E-state index contributed by atoms with van der Waals surface area (Å²) in [5, 5.41) is 3.39. The van der Waals surface area contributed by atoms with Crippen LogP contribution in [0.2, 0.25) is 0 Å². The van der Waals surface area contributed by atoms with Gasteiger partial charge in [0.05, 0.1) is 6.61 Å². The first-order valence-electron chi connectivity index (χ1n) is 7.79. The summed E-state index contributed by atoms with van der Waals surface area (Å²) < 4.78 is 5.69. The molecule has 0 spiro atoms. The fourth-order valence-corrected chi connectivity index (χ4v) is 4.47. The van der Waals surface area contributed by atoms with Gasteiger partial charge in [-0.15, -0.1) is 0 Å². The smallest absolute Gasteiger partial charge is 0.0547 e. The molecular weight excluding hydrogens is 224 g/mol. The zero-order chi connectivity index (χ0) is 12.4. The minimum absolute atomic E-state index is 0.390. The van der Waals surface area contributed by atoms with Crippen LogP contribution in [0.5, 0.6) is 0 Å². The van der Waals surface area contributed by atoms with Gasteiger partial charge in [0.15, 0.2) is 0 Å². The Labute approximate surface area is 111 Å². The Morgan fingerprint density at radius 1 is 1.28 bits per heavy atom. The Bertz CT molecular complexity index is 276. The molecule has 3 aliphatic rings. The van der Waals surface area contributed by atoms with Gasteiger partial charge in [0.25, 0.3) is 0 Å². The topological polar surface area (TPSA) is 24.5 Å². The molecule has 3 rings (SSSR count). The van der Waals surface area contributed by atoms with Crippen LogP contribution in [0.15, 0.2) is 0 Å². The Balaban J connectivity index is 1.64. The lowest BCUT2D eigenvalue weighted by molar-refractivity contribution is 0.0884. The van der Waals surface area contributed by atoms with E-state index >= 15 is 0 Å². The van der Waals surface area contributed by atoms with Crippen LogP contribution in [-0.4, -0.2) is 50.8 Å². The van der Waals surface area contributed by atoms with E-state index in [1.165, 1.54) is 51.6 Å². The van der Waals surface area contributed by atoms with Gasteiger partial charge in [-0.1, -0.05) is 12.8 Å². The summed E-state index contributed by atoms with van der Waals surface area (Å²) in [6.07, 6.45) is 8.54. The highest BCUT2D eigenvalue weighted by Crippen LogP contribution is 2.39. The Kier molecular flexibility index (Phi) is 3.92. The van der Waals surface area contributed by atoms with E-state index in [9.17, 15) is 0 Å². The van der Waals surface area contributed by atoms with Gasteiger partial charge in [0.1, 0.15) is 0 Å². The summed E-state index contributed by atoms with van der Waals surface area (Å²) >= 11 is 0. The number of fused-ring (bicyclic) bond motifs is 1. The molecular formula is C15H28N2O. The average molecular weight is 252 g/mol. The zero-order valence-electron chi connectivity index (χ0n) is 11.8. The van der Waals surface area contributed by atoms with E-state index in [1.807, 2.05) is 0 Å². The van der Waals surface area contributed by atoms with Crippen LogP contribution < -0.4 is 5.32 Å². The van der Waals surface area contributed by atoms with Crippen molar-refractivity contribution in [2.75, 3.05) is 39.9 Å². The van der Waals surface area contributed by atoms with Crippen molar-refractivity contribution in [3.8, 4) is 0 Å². The molecule has 18 heavy (non-hydrogen) atoms. The SMILES string of the molecule is CNCC1(CN2CCC3CCCCC32)CCOC1. The minimum Gasteiger partial charge on any atom is -0.381 e. The van der Waals surface area contributed by atoms with Gasteiger partial charge in [0.2, 0.25) is 0 Å². The lowest BCUT2D eigenvalue weighted by Gasteiger charge is -2.38. The summed E-state index contributed by atoms with van der Waals surface area (Å²) in [5.74, 6) is 1.01. The normalized spacial score (nSPS) is 41.2. The van der Waals surface area contributed by atoms with Gasteiger partial charge in [-0.25, -0.2) is 0 Å². The lowest BCUT2D eigenvalue weighted by Crippen LogP contribution is -2.47. The largest absolute Gasteiger partial charge is 0.381 e. The van der Waals surface area contributed by atoms with E-state index in [4.69, 9.17) is 4.74 Å². The average Bonchev–Trinajstić information content (AvgIpc) is 2.99. The van der Waals surface area contributed by atoms with Gasteiger partial charge in [-0.2, -0.15) is 0 Å². The fraction of sp³-hybridized carbons (Fsp3) is 1.00. The molecule has 104 valence electrons. The molecule has 3 fully saturated rings. The molecule has 0 radical (unpaired) electrons. The standard InChI is InChI=1S/C15H28N2O/c1-16-10-15(7-9-18-12-15)11-17-8-6-13-4-2-3-5-14(13)17/h13-14,16H,2-12H2,1H3. The zero-order valence-corrected chi connectivity index (χ0v) is 11.8. The van der Waals surface area contributed by atoms with Crippen molar-refractivity contribution >= 4 is 0 Å². The van der Waals surface area contributed by atoms with Crippen molar-refractivity contribution in [1.82, 2.24) is 10.2 Å². The third kappa shape index (κ3) is 2.45. The van der Waals surface area contributed by atoms with E-state index in [0.29, 0.717) is 5.41 Å². The first-order valence-corrected chi connectivity index (χ1v) is 7.79. The fourth-order valence-electron chi connectivity index (χ4n) is 4.47. The molecule has 3 nitrogen and oxygen atoms in total. The van der Waals surface area contributed by atoms with Crippen LogP contribution >= 0.6 is 0 Å². The summed E-state index contributed by atoms with van der Waals surface area (Å²) in [6, 6.07) is 0.896. The lowest BCUT2D eigenvalue weighted by atomic mass is 9.83. The summed E-state index contributed by atoms with van der Waals surface area (Å²) in [7, 11) is 2.08. The van der Waals surface area contributed by atoms with Crippen LogP contribution in [0.1, 0.15) is 38.5 Å². The molecule has 0 bridgehead atoms. The molecule has 0 aromatic carbocycles. The maximum absolute atomic E-state index is 5.69. The monoisotopic (exact) mass is 252 g/mol. The first kappa shape index (κ1) is 12.9. The van der Waals surface area contributed by atoms with Gasteiger partial charge in [-0.3, -0.25) is 4.90 Å².